The summed E-state index contributed by atoms with van der Waals surface area (Å²) in [6, 6.07) is 23.3. The fraction of sp³-hybridized carbons (Fsp3) is 0.250. The van der Waals surface area contributed by atoms with Crippen LogP contribution in [0.4, 0.5) is 0 Å². The Kier molecular flexibility index (Phi) is 7.65. The van der Waals surface area contributed by atoms with Gasteiger partial charge in [-0.15, -0.1) is 11.3 Å². The normalized spacial score (nSPS) is 19.2. The maximum absolute atomic E-state index is 13.9. The number of carbonyl (C=O) groups is 2. The van der Waals surface area contributed by atoms with Crippen LogP contribution in [0.1, 0.15) is 86.6 Å². The lowest BCUT2D eigenvalue weighted by Gasteiger charge is -2.39. The predicted molar refractivity (Wildman–Crippen MR) is 199 cm³/mol. The lowest BCUT2D eigenvalue weighted by atomic mass is 9.71. The minimum Gasteiger partial charge on any atom is -0.465 e. The lowest BCUT2D eigenvalue weighted by Crippen LogP contribution is -2.28. The molecule has 0 saturated carbocycles. The van der Waals surface area contributed by atoms with Gasteiger partial charge < -0.3 is 9.47 Å². The number of benzene rings is 4. The molecule has 5 nitrogen and oxygen atoms in total. The zero-order chi connectivity index (χ0) is 33.9. The molecular weight excluding hydrogens is 641 g/mol. The van der Waals surface area contributed by atoms with Crippen molar-refractivity contribution in [2.45, 2.75) is 57.3 Å². The van der Waals surface area contributed by atoms with Gasteiger partial charge in [0.2, 0.25) is 0 Å². The van der Waals surface area contributed by atoms with Gasteiger partial charge in [-0.1, -0.05) is 48.6 Å². The number of methoxy groups -OCH3 is 1. The number of ether oxygens (including phenoxy) is 2. The highest BCUT2D eigenvalue weighted by Crippen LogP contribution is 2.51. The molecule has 0 spiro atoms. The first-order valence-corrected chi connectivity index (χ1v) is 18.4. The van der Waals surface area contributed by atoms with Gasteiger partial charge in [0, 0.05) is 49.6 Å². The van der Waals surface area contributed by atoms with E-state index < -0.39 is 5.97 Å². The molecule has 0 amide bonds. The molecule has 1 aromatic heterocycles. The third-order valence-corrected chi connectivity index (χ3v) is 12.1. The minimum atomic E-state index is -0.469. The number of hydrogen-bond acceptors (Lipinski definition) is 6. The summed E-state index contributed by atoms with van der Waals surface area (Å²) in [5.41, 5.74) is 8.74. The van der Waals surface area contributed by atoms with E-state index >= 15 is 0 Å². The Morgan fingerprint density at radius 3 is 2.54 bits per heavy atom. The van der Waals surface area contributed by atoms with Gasteiger partial charge in [0.05, 0.1) is 12.7 Å². The Morgan fingerprint density at radius 2 is 1.68 bits per heavy atom. The Hall–Kier alpha value is -5.07. The minimum absolute atomic E-state index is 0.0269. The molecule has 3 aliphatic carbocycles. The average molecular weight is 677 g/mol. The van der Waals surface area contributed by atoms with Crippen LogP contribution in [-0.2, 0) is 24.0 Å². The van der Waals surface area contributed by atoms with Gasteiger partial charge in [0.15, 0.2) is 11.2 Å². The largest absolute Gasteiger partial charge is 0.465 e. The number of aryl methyl sites for hydroxylation is 2. The van der Waals surface area contributed by atoms with Gasteiger partial charge in [-0.25, -0.2) is 4.79 Å². The van der Waals surface area contributed by atoms with Gasteiger partial charge >= 0.3 is 5.97 Å². The number of fused-ring (bicyclic) bond motifs is 6. The number of carbonyl (C=O) groups excluding carboxylic acids is 2. The quantitative estimate of drug-likeness (QED) is 0.105. The van der Waals surface area contributed by atoms with E-state index in [0.29, 0.717) is 21.9 Å². The Balaban J connectivity index is 1.12. The third kappa shape index (κ3) is 5.25. The van der Waals surface area contributed by atoms with Crippen LogP contribution in [0, 0.1) is 5.92 Å². The third-order valence-electron chi connectivity index (χ3n) is 10.9. The summed E-state index contributed by atoms with van der Waals surface area (Å²) in [7, 11) is 1.39. The number of rotatable bonds is 5. The molecule has 2 heterocycles. The maximum Gasteiger partial charge on any atom is 0.338 e. The molecule has 2 unspecified atom stereocenters. The van der Waals surface area contributed by atoms with E-state index in [4.69, 9.17) is 9.47 Å². The molecule has 9 rings (SSSR count). The smallest absolute Gasteiger partial charge is 0.338 e. The number of hydrogen-bond donors (Lipinski definition) is 0. The molecular formula is C44H36O5S. The molecule has 248 valence electrons. The van der Waals surface area contributed by atoms with Crippen LogP contribution in [-0.4, -0.2) is 18.9 Å². The zero-order valence-corrected chi connectivity index (χ0v) is 28.7. The molecule has 6 heteroatoms. The van der Waals surface area contributed by atoms with Crippen molar-refractivity contribution >= 4 is 43.3 Å². The first-order chi connectivity index (χ1) is 24.4. The van der Waals surface area contributed by atoms with E-state index in [1.165, 1.54) is 42.2 Å². The highest BCUT2D eigenvalue weighted by Gasteiger charge is 2.40. The summed E-state index contributed by atoms with van der Waals surface area (Å²) >= 11 is 1.57. The second kappa shape index (κ2) is 12.4. The van der Waals surface area contributed by atoms with Crippen LogP contribution < -0.4 is 10.2 Å². The van der Waals surface area contributed by atoms with Crippen molar-refractivity contribution in [3.63, 3.8) is 0 Å². The Labute approximate surface area is 294 Å². The molecule has 0 radical (unpaired) electrons. The molecule has 0 fully saturated rings. The number of allylic oxidation sites excluding steroid dienone is 5. The molecule has 0 saturated heterocycles. The average Bonchev–Trinajstić information content (AvgIpc) is 3.15. The predicted octanol–water partition coefficient (Wildman–Crippen LogP) is 9.58. The second-order valence-corrected chi connectivity index (χ2v) is 15.0. The van der Waals surface area contributed by atoms with Crippen molar-refractivity contribution in [3.8, 4) is 5.75 Å². The van der Waals surface area contributed by atoms with Crippen molar-refractivity contribution in [1.82, 2.24) is 0 Å². The Morgan fingerprint density at radius 1 is 0.860 bits per heavy atom. The summed E-state index contributed by atoms with van der Waals surface area (Å²) in [4.78, 5) is 40.8. The first-order valence-electron chi connectivity index (χ1n) is 17.6. The van der Waals surface area contributed by atoms with Gasteiger partial charge in [0.25, 0.3) is 0 Å². The van der Waals surface area contributed by atoms with Crippen LogP contribution in [0.5, 0.6) is 5.75 Å². The summed E-state index contributed by atoms with van der Waals surface area (Å²) < 4.78 is 13.9. The summed E-state index contributed by atoms with van der Waals surface area (Å²) in [5, 5.41) is 1.30. The van der Waals surface area contributed by atoms with E-state index in [2.05, 4.69) is 30.4 Å². The topological polar surface area (TPSA) is 69.7 Å². The van der Waals surface area contributed by atoms with Crippen LogP contribution in [0.15, 0.2) is 113 Å². The molecule has 1 aliphatic heterocycles. The number of ketones is 1. The fourth-order valence-electron chi connectivity index (χ4n) is 8.39. The van der Waals surface area contributed by atoms with Crippen LogP contribution in [0.25, 0.3) is 20.2 Å². The van der Waals surface area contributed by atoms with Crippen molar-refractivity contribution in [1.29, 1.82) is 0 Å². The van der Waals surface area contributed by atoms with Crippen molar-refractivity contribution in [2.24, 2.45) is 5.92 Å². The first kappa shape index (κ1) is 30.9. The van der Waals surface area contributed by atoms with E-state index in [1.54, 1.807) is 17.4 Å². The monoisotopic (exact) mass is 676 g/mol. The van der Waals surface area contributed by atoms with Gasteiger partial charge in [-0.05, 0) is 121 Å². The maximum atomic E-state index is 13.9. The lowest BCUT2D eigenvalue weighted by molar-refractivity contribution is 0.0598. The van der Waals surface area contributed by atoms with Crippen LogP contribution >= 0.6 is 11.3 Å². The zero-order valence-electron chi connectivity index (χ0n) is 27.9. The van der Waals surface area contributed by atoms with E-state index in [9.17, 15) is 14.4 Å². The number of Topliss-reactive ketones (excluding diaryl/α,β-unsaturated/α-hetero) is 1. The van der Waals surface area contributed by atoms with Gasteiger partial charge in [-0.2, -0.15) is 0 Å². The van der Waals surface area contributed by atoms with E-state index in [0.717, 1.165) is 69.7 Å². The molecule has 4 aliphatic rings. The fourth-order valence-corrected chi connectivity index (χ4v) is 9.45. The van der Waals surface area contributed by atoms with E-state index in [-0.39, 0.29) is 29.5 Å². The summed E-state index contributed by atoms with van der Waals surface area (Å²) in [6.07, 6.45) is 14.6. The second-order valence-electron chi connectivity index (χ2n) is 13.9. The van der Waals surface area contributed by atoms with E-state index in [1.807, 2.05) is 54.6 Å². The molecule has 0 N–H and O–H groups in total. The molecule has 0 bridgehead atoms. The number of esters is 1. The Bertz CT molecular complexity index is 2430. The van der Waals surface area contributed by atoms with Gasteiger partial charge in [-0.3, -0.25) is 9.59 Å². The standard InChI is InChI=1S/C44H36O5S/c1-48-44(47)33-22-30(37(45)19-25-14-17-41-36(18-25)43(46)32-12-6-7-13-40(32)50-41)15-16-31(33)42-34-20-26-8-2-4-10-28(26)23-38(34)49-39-24-29-11-5-3-9-27(29)21-35(39)42/h6-7,10,12-18,20-24,34,42H,2-5,8-9,11,19H2,1H3. The molecule has 4 aromatic carbocycles. The van der Waals surface area contributed by atoms with Crippen LogP contribution in [0.3, 0.4) is 0 Å². The highest BCUT2D eigenvalue weighted by atomic mass is 32.1. The van der Waals surface area contributed by atoms with Gasteiger partial charge in [0.1, 0.15) is 11.5 Å². The van der Waals surface area contributed by atoms with Crippen molar-refractivity contribution in [3.05, 3.63) is 157 Å². The van der Waals surface area contributed by atoms with Crippen molar-refractivity contribution < 1.29 is 19.1 Å². The highest BCUT2D eigenvalue weighted by molar-refractivity contribution is 7.24. The van der Waals surface area contributed by atoms with Crippen molar-refractivity contribution in [2.75, 3.05) is 7.11 Å². The van der Waals surface area contributed by atoms with Crippen LogP contribution in [0.2, 0.25) is 0 Å². The molecule has 2 atom stereocenters. The molecule has 50 heavy (non-hydrogen) atoms. The SMILES string of the molecule is COC(=O)c1cc(C(=O)Cc2ccc3sc4ccccc4c(=O)c3c2)ccc1C1c2cc3c(cc2OC2=CC4=CCCCC4=CC21)CCCC3. The summed E-state index contributed by atoms with van der Waals surface area (Å²) in [6.45, 7) is 0. The molecule has 5 aromatic rings. The summed E-state index contributed by atoms with van der Waals surface area (Å²) in [5.74, 6) is 0.882.